The van der Waals surface area contributed by atoms with Gasteiger partial charge in [-0.1, -0.05) is 67.4 Å². The van der Waals surface area contributed by atoms with Crippen LogP contribution >= 0.6 is 0 Å². The van der Waals surface area contributed by atoms with E-state index >= 15 is 0 Å². The maximum atomic E-state index is 6.39. The van der Waals surface area contributed by atoms with E-state index in [1.807, 2.05) is 6.07 Å². The summed E-state index contributed by atoms with van der Waals surface area (Å²) >= 11 is 0. The van der Waals surface area contributed by atoms with Crippen LogP contribution < -0.4 is 5.73 Å². The van der Waals surface area contributed by atoms with E-state index in [2.05, 4.69) is 48.5 Å². The first kappa shape index (κ1) is 12.4. The molecular weight excluding hydrogens is 230 g/mol. The Kier molecular flexibility index (Phi) is 3.65. The molecule has 0 aromatic heterocycles. The topological polar surface area (TPSA) is 26.0 Å². The summed E-state index contributed by atoms with van der Waals surface area (Å²) in [5.41, 5.74) is 10.2. The number of nitrogens with two attached hydrogens (primary N) is 1. The van der Waals surface area contributed by atoms with Crippen molar-refractivity contribution in [3.63, 3.8) is 0 Å². The highest BCUT2D eigenvalue weighted by atomic mass is 14.7. The minimum absolute atomic E-state index is 0.215. The Morgan fingerprint density at radius 2 is 1.37 bits per heavy atom. The van der Waals surface area contributed by atoms with Crippen molar-refractivity contribution in [3.8, 4) is 11.1 Å². The molecule has 0 saturated heterocycles. The standard InChI is InChI=1S/C18H21N/c19-18(16-8-4-5-9-16)17-12-10-15(11-13-17)14-6-2-1-3-7-14/h1-3,6-7,10-13,16,18H,4-5,8-9,19H2. The molecule has 2 aromatic rings. The summed E-state index contributed by atoms with van der Waals surface area (Å²) in [5.74, 6) is 0.683. The van der Waals surface area contributed by atoms with Crippen molar-refractivity contribution >= 4 is 0 Å². The molecule has 3 rings (SSSR count). The van der Waals surface area contributed by atoms with Crippen molar-refractivity contribution in [3.05, 3.63) is 60.2 Å². The molecule has 1 heteroatoms. The second kappa shape index (κ2) is 5.58. The zero-order valence-corrected chi connectivity index (χ0v) is 11.3. The molecule has 1 atom stereocenters. The van der Waals surface area contributed by atoms with E-state index in [9.17, 15) is 0 Å². The first-order chi connectivity index (χ1) is 9.34. The van der Waals surface area contributed by atoms with Crippen molar-refractivity contribution in [2.75, 3.05) is 0 Å². The maximum Gasteiger partial charge on any atom is 0.0323 e. The minimum atomic E-state index is 0.215. The minimum Gasteiger partial charge on any atom is -0.324 e. The van der Waals surface area contributed by atoms with E-state index in [-0.39, 0.29) is 6.04 Å². The van der Waals surface area contributed by atoms with E-state index in [1.165, 1.54) is 42.4 Å². The van der Waals surface area contributed by atoms with E-state index in [4.69, 9.17) is 5.73 Å². The lowest BCUT2D eigenvalue weighted by molar-refractivity contribution is 0.445. The Hall–Kier alpha value is -1.60. The molecule has 0 spiro atoms. The third-order valence-corrected chi connectivity index (χ3v) is 4.31. The number of rotatable bonds is 3. The van der Waals surface area contributed by atoms with Crippen LogP contribution in [-0.2, 0) is 0 Å². The van der Waals surface area contributed by atoms with Crippen molar-refractivity contribution in [1.29, 1.82) is 0 Å². The highest BCUT2D eigenvalue weighted by Gasteiger charge is 2.22. The van der Waals surface area contributed by atoms with Crippen LogP contribution in [0, 0.1) is 5.92 Å². The molecule has 0 bridgehead atoms. The van der Waals surface area contributed by atoms with Crippen LogP contribution in [-0.4, -0.2) is 0 Å². The van der Waals surface area contributed by atoms with Crippen molar-refractivity contribution in [1.82, 2.24) is 0 Å². The van der Waals surface area contributed by atoms with E-state index < -0.39 is 0 Å². The van der Waals surface area contributed by atoms with Gasteiger partial charge < -0.3 is 5.73 Å². The fourth-order valence-corrected chi connectivity index (χ4v) is 3.12. The van der Waals surface area contributed by atoms with Gasteiger partial charge >= 0.3 is 0 Å². The maximum absolute atomic E-state index is 6.39. The van der Waals surface area contributed by atoms with E-state index in [1.54, 1.807) is 0 Å². The van der Waals surface area contributed by atoms with Gasteiger partial charge in [-0.15, -0.1) is 0 Å². The summed E-state index contributed by atoms with van der Waals surface area (Å²) in [6.45, 7) is 0. The first-order valence-corrected chi connectivity index (χ1v) is 7.25. The van der Waals surface area contributed by atoms with Gasteiger partial charge in [0.25, 0.3) is 0 Å². The molecule has 1 aliphatic carbocycles. The highest BCUT2D eigenvalue weighted by Crippen LogP contribution is 2.34. The van der Waals surface area contributed by atoms with Gasteiger partial charge in [0.2, 0.25) is 0 Å². The molecule has 1 unspecified atom stereocenters. The molecule has 2 N–H and O–H groups in total. The molecule has 0 amide bonds. The smallest absolute Gasteiger partial charge is 0.0323 e. The molecule has 1 saturated carbocycles. The van der Waals surface area contributed by atoms with Gasteiger partial charge in [0.15, 0.2) is 0 Å². The third kappa shape index (κ3) is 2.71. The molecule has 1 fully saturated rings. The number of hydrogen-bond donors (Lipinski definition) is 1. The van der Waals surface area contributed by atoms with Gasteiger partial charge in [0.1, 0.15) is 0 Å². The lowest BCUT2D eigenvalue weighted by atomic mass is 9.91. The average Bonchev–Trinajstić information content (AvgIpc) is 3.02. The molecule has 1 aliphatic rings. The monoisotopic (exact) mass is 251 g/mol. The Balaban J connectivity index is 1.79. The van der Waals surface area contributed by atoms with Crippen LogP contribution in [0.5, 0.6) is 0 Å². The predicted molar refractivity (Wildman–Crippen MR) is 80.8 cm³/mol. The van der Waals surface area contributed by atoms with E-state index in [0.29, 0.717) is 5.92 Å². The van der Waals surface area contributed by atoms with Gasteiger partial charge in [0, 0.05) is 6.04 Å². The average molecular weight is 251 g/mol. The first-order valence-electron chi connectivity index (χ1n) is 7.25. The summed E-state index contributed by atoms with van der Waals surface area (Å²) in [4.78, 5) is 0. The van der Waals surface area contributed by atoms with Gasteiger partial charge in [-0.2, -0.15) is 0 Å². The van der Waals surface area contributed by atoms with Gasteiger partial charge in [-0.25, -0.2) is 0 Å². The Morgan fingerprint density at radius 1 is 0.789 bits per heavy atom. The summed E-state index contributed by atoms with van der Waals surface area (Å²) in [6.07, 6.45) is 5.28. The Morgan fingerprint density at radius 3 is 2.00 bits per heavy atom. The zero-order chi connectivity index (χ0) is 13.1. The third-order valence-electron chi connectivity index (χ3n) is 4.31. The molecule has 1 nitrogen and oxygen atoms in total. The van der Waals surface area contributed by atoms with Crippen molar-refractivity contribution < 1.29 is 0 Å². The molecule has 0 heterocycles. The van der Waals surface area contributed by atoms with Gasteiger partial charge in [-0.3, -0.25) is 0 Å². The lowest BCUT2D eigenvalue weighted by Gasteiger charge is -2.19. The fourth-order valence-electron chi connectivity index (χ4n) is 3.12. The van der Waals surface area contributed by atoms with Crippen LogP contribution in [0.25, 0.3) is 11.1 Å². The second-order valence-electron chi connectivity index (χ2n) is 5.56. The number of benzene rings is 2. The molecular formula is C18H21N. The summed E-state index contributed by atoms with van der Waals surface area (Å²) < 4.78 is 0. The van der Waals surface area contributed by atoms with E-state index in [0.717, 1.165) is 0 Å². The number of hydrogen-bond acceptors (Lipinski definition) is 1. The van der Waals surface area contributed by atoms with Crippen molar-refractivity contribution in [2.24, 2.45) is 11.7 Å². The molecule has 0 aliphatic heterocycles. The largest absolute Gasteiger partial charge is 0.324 e. The van der Waals surface area contributed by atoms with Crippen molar-refractivity contribution in [2.45, 2.75) is 31.7 Å². The van der Waals surface area contributed by atoms with Crippen LogP contribution in [0.4, 0.5) is 0 Å². The van der Waals surface area contributed by atoms with Crippen LogP contribution in [0.1, 0.15) is 37.3 Å². The van der Waals surface area contributed by atoms with Crippen LogP contribution in [0.3, 0.4) is 0 Å². The highest BCUT2D eigenvalue weighted by molar-refractivity contribution is 5.63. The van der Waals surface area contributed by atoms with Crippen LogP contribution in [0.15, 0.2) is 54.6 Å². The second-order valence-corrected chi connectivity index (χ2v) is 5.56. The molecule has 0 radical (unpaired) electrons. The quantitative estimate of drug-likeness (QED) is 0.851. The Bertz CT molecular complexity index is 509. The predicted octanol–water partition coefficient (Wildman–Crippen LogP) is 4.54. The SMILES string of the molecule is NC(c1ccc(-c2ccccc2)cc1)C1CCCC1. The molecule has 19 heavy (non-hydrogen) atoms. The van der Waals surface area contributed by atoms with Gasteiger partial charge in [0.05, 0.1) is 0 Å². The zero-order valence-electron chi connectivity index (χ0n) is 11.3. The molecule has 2 aromatic carbocycles. The summed E-state index contributed by atoms with van der Waals surface area (Å²) in [7, 11) is 0. The Labute approximate surface area is 115 Å². The lowest BCUT2D eigenvalue weighted by Crippen LogP contribution is -2.18. The summed E-state index contributed by atoms with van der Waals surface area (Å²) in [5, 5.41) is 0. The summed E-state index contributed by atoms with van der Waals surface area (Å²) in [6, 6.07) is 19.5. The molecule has 98 valence electrons. The van der Waals surface area contributed by atoms with Gasteiger partial charge in [-0.05, 0) is 35.4 Å². The van der Waals surface area contributed by atoms with Crippen LogP contribution in [0.2, 0.25) is 0 Å². The fraction of sp³-hybridized carbons (Fsp3) is 0.333. The normalized spacial score (nSPS) is 17.5.